The van der Waals surface area contributed by atoms with E-state index in [4.69, 9.17) is 4.74 Å². The molecule has 2 rings (SSSR count). The predicted octanol–water partition coefficient (Wildman–Crippen LogP) is 1.19. The van der Waals surface area contributed by atoms with Crippen molar-refractivity contribution >= 4 is 18.3 Å². The number of halogens is 1. The van der Waals surface area contributed by atoms with Gasteiger partial charge in [-0.1, -0.05) is 0 Å². The molecule has 2 saturated heterocycles. The predicted molar refractivity (Wildman–Crippen MR) is 69.5 cm³/mol. The lowest BCUT2D eigenvalue weighted by Gasteiger charge is -2.17. The Morgan fingerprint density at radius 2 is 2.29 bits per heavy atom. The topological polar surface area (TPSA) is 41.6 Å². The van der Waals surface area contributed by atoms with E-state index in [9.17, 15) is 4.79 Å². The first-order valence-electron chi connectivity index (χ1n) is 6.36. The number of hydrogen-bond donors (Lipinski definition) is 1. The van der Waals surface area contributed by atoms with Crippen molar-refractivity contribution in [1.82, 2.24) is 10.2 Å². The Labute approximate surface area is 109 Å². The fourth-order valence-electron chi connectivity index (χ4n) is 2.54. The van der Waals surface area contributed by atoms with Crippen LogP contribution in [0.3, 0.4) is 0 Å². The summed E-state index contributed by atoms with van der Waals surface area (Å²) >= 11 is 0. The number of likely N-dealkylation sites (tertiary alicyclic amines) is 1. The summed E-state index contributed by atoms with van der Waals surface area (Å²) in [5.74, 6) is 0.299. The lowest BCUT2D eigenvalue weighted by atomic mass is 10.1. The van der Waals surface area contributed by atoms with E-state index < -0.39 is 0 Å². The molecule has 4 nitrogen and oxygen atoms in total. The van der Waals surface area contributed by atoms with Crippen molar-refractivity contribution in [2.24, 2.45) is 0 Å². The summed E-state index contributed by atoms with van der Waals surface area (Å²) in [6.45, 7) is 2.67. The zero-order valence-electron chi connectivity index (χ0n) is 10.5. The van der Waals surface area contributed by atoms with Crippen LogP contribution in [0.15, 0.2) is 0 Å². The summed E-state index contributed by atoms with van der Waals surface area (Å²) in [5, 5.41) is 3.23. The molecule has 2 aliphatic rings. The summed E-state index contributed by atoms with van der Waals surface area (Å²) in [5.41, 5.74) is 0. The maximum Gasteiger partial charge on any atom is 0.222 e. The van der Waals surface area contributed by atoms with Crippen LogP contribution in [0, 0.1) is 0 Å². The number of likely N-dealkylation sites (N-methyl/N-ethyl adjacent to an activating group) is 1. The van der Waals surface area contributed by atoms with Crippen molar-refractivity contribution in [3.63, 3.8) is 0 Å². The minimum atomic E-state index is 0. The van der Waals surface area contributed by atoms with Crippen molar-refractivity contribution in [3.05, 3.63) is 0 Å². The molecule has 2 unspecified atom stereocenters. The monoisotopic (exact) mass is 262 g/mol. The second-order valence-electron chi connectivity index (χ2n) is 4.79. The number of carbonyl (C=O) groups excluding carboxylic acids is 1. The van der Waals surface area contributed by atoms with Gasteiger partial charge in [-0.3, -0.25) is 4.79 Å². The number of hydrogen-bond acceptors (Lipinski definition) is 3. The Hall–Kier alpha value is -0.320. The second-order valence-corrected chi connectivity index (χ2v) is 4.79. The van der Waals surface area contributed by atoms with Crippen LogP contribution in [0.2, 0.25) is 0 Å². The van der Waals surface area contributed by atoms with Gasteiger partial charge in [-0.15, -0.1) is 12.4 Å². The number of nitrogens with zero attached hydrogens (tertiary/aromatic N) is 1. The van der Waals surface area contributed by atoms with E-state index in [0.29, 0.717) is 24.5 Å². The van der Waals surface area contributed by atoms with E-state index >= 15 is 0 Å². The van der Waals surface area contributed by atoms with Gasteiger partial charge in [0.25, 0.3) is 0 Å². The van der Waals surface area contributed by atoms with Gasteiger partial charge >= 0.3 is 0 Å². The number of rotatable bonds is 4. The molecule has 0 radical (unpaired) electrons. The molecule has 2 aliphatic heterocycles. The number of amides is 1. The fraction of sp³-hybridized carbons (Fsp3) is 0.917. The Kier molecular flexibility index (Phi) is 6.23. The molecule has 0 aromatic carbocycles. The summed E-state index contributed by atoms with van der Waals surface area (Å²) in [6.07, 6.45) is 5.27. The van der Waals surface area contributed by atoms with Crippen LogP contribution in [0.5, 0.6) is 0 Å². The second kappa shape index (κ2) is 7.19. The molecule has 0 spiro atoms. The van der Waals surface area contributed by atoms with Gasteiger partial charge in [-0.25, -0.2) is 0 Å². The standard InChI is InChI=1S/C12H22N2O2.ClH/c1-13-10-6-7-14(9-10)12(15)5-4-11-3-2-8-16-11;/h10-11,13H,2-9H2,1H3;1H. The molecule has 2 fully saturated rings. The Morgan fingerprint density at radius 3 is 2.88 bits per heavy atom. The molecular weight excluding hydrogens is 240 g/mol. The molecule has 0 saturated carbocycles. The molecule has 100 valence electrons. The summed E-state index contributed by atoms with van der Waals surface area (Å²) in [4.78, 5) is 13.9. The zero-order chi connectivity index (χ0) is 11.4. The van der Waals surface area contributed by atoms with Gasteiger partial charge in [-0.2, -0.15) is 0 Å². The van der Waals surface area contributed by atoms with Crippen molar-refractivity contribution in [2.75, 3.05) is 26.7 Å². The van der Waals surface area contributed by atoms with Gasteiger partial charge in [0.05, 0.1) is 6.10 Å². The van der Waals surface area contributed by atoms with Crippen molar-refractivity contribution < 1.29 is 9.53 Å². The minimum absolute atomic E-state index is 0. The molecule has 0 aliphatic carbocycles. The molecule has 1 N–H and O–H groups in total. The van der Waals surface area contributed by atoms with Gasteiger partial charge in [0.2, 0.25) is 5.91 Å². The van der Waals surface area contributed by atoms with Crippen LogP contribution < -0.4 is 5.32 Å². The smallest absolute Gasteiger partial charge is 0.222 e. The average Bonchev–Trinajstić information content (AvgIpc) is 2.96. The van der Waals surface area contributed by atoms with Crippen molar-refractivity contribution in [1.29, 1.82) is 0 Å². The molecule has 2 heterocycles. The third kappa shape index (κ3) is 4.12. The maximum absolute atomic E-state index is 11.9. The first kappa shape index (κ1) is 14.7. The number of ether oxygens (including phenoxy) is 1. The highest BCUT2D eigenvalue weighted by Gasteiger charge is 2.25. The molecule has 0 aromatic rings. The third-order valence-electron chi connectivity index (χ3n) is 3.65. The first-order chi connectivity index (χ1) is 7.79. The van der Waals surface area contributed by atoms with Gasteiger partial charge < -0.3 is 15.0 Å². The van der Waals surface area contributed by atoms with E-state index in [-0.39, 0.29) is 12.4 Å². The van der Waals surface area contributed by atoms with Crippen LogP contribution in [0.25, 0.3) is 0 Å². The van der Waals surface area contributed by atoms with Crippen LogP contribution in [0.1, 0.15) is 32.1 Å². The highest BCUT2D eigenvalue weighted by atomic mass is 35.5. The van der Waals surface area contributed by atoms with E-state index in [1.807, 2.05) is 11.9 Å². The third-order valence-corrected chi connectivity index (χ3v) is 3.65. The molecule has 17 heavy (non-hydrogen) atoms. The van der Waals surface area contributed by atoms with Gasteiger partial charge in [0.15, 0.2) is 0 Å². The Bertz CT molecular complexity index is 245. The van der Waals surface area contributed by atoms with Crippen LogP contribution >= 0.6 is 12.4 Å². The fourth-order valence-corrected chi connectivity index (χ4v) is 2.54. The molecule has 5 heteroatoms. The van der Waals surface area contributed by atoms with Gasteiger partial charge in [0.1, 0.15) is 0 Å². The molecule has 0 aromatic heterocycles. The highest BCUT2D eigenvalue weighted by molar-refractivity contribution is 5.85. The van der Waals surface area contributed by atoms with E-state index in [2.05, 4.69) is 5.32 Å². The quantitative estimate of drug-likeness (QED) is 0.828. The number of nitrogens with one attached hydrogen (secondary N) is 1. The van der Waals surface area contributed by atoms with Gasteiger partial charge in [-0.05, 0) is 32.7 Å². The summed E-state index contributed by atoms with van der Waals surface area (Å²) in [7, 11) is 1.96. The van der Waals surface area contributed by atoms with Crippen molar-refractivity contribution in [3.8, 4) is 0 Å². The Balaban J connectivity index is 0.00000144. The molecular formula is C12H23ClN2O2. The molecule has 1 amide bonds. The summed E-state index contributed by atoms with van der Waals surface area (Å²) in [6, 6.07) is 0.492. The first-order valence-corrected chi connectivity index (χ1v) is 6.36. The maximum atomic E-state index is 11.9. The van der Waals surface area contributed by atoms with Crippen molar-refractivity contribution in [2.45, 2.75) is 44.2 Å². The molecule has 0 bridgehead atoms. The van der Waals surface area contributed by atoms with E-state index in [1.54, 1.807) is 0 Å². The van der Waals surface area contributed by atoms with Crippen LogP contribution in [-0.4, -0.2) is 49.7 Å². The van der Waals surface area contributed by atoms with Crippen LogP contribution in [0.4, 0.5) is 0 Å². The zero-order valence-corrected chi connectivity index (χ0v) is 11.3. The summed E-state index contributed by atoms with van der Waals surface area (Å²) < 4.78 is 5.53. The highest BCUT2D eigenvalue weighted by Crippen LogP contribution is 2.18. The lowest BCUT2D eigenvalue weighted by Crippen LogP contribution is -2.33. The van der Waals surface area contributed by atoms with Crippen LogP contribution in [-0.2, 0) is 9.53 Å². The average molecular weight is 263 g/mol. The molecule has 2 atom stereocenters. The number of carbonyl (C=O) groups is 1. The van der Waals surface area contributed by atoms with E-state index in [1.165, 1.54) is 0 Å². The largest absolute Gasteiger partial charge is 0.378 e. The Morgan fingerprint density at radius 1 is 1.47 bits per heavy atom. The minimum Gasteiger partial charge on any atom is -0.378 e. The SMILES string of the molecule is CNC1CCN(C(=O)CCC2CCCO2)C1.Cl. The normalized spacial score (nSPS) is 28.2. The lowest BCUT2D eigenvalue weighted by molar-refractivity contribution is -0.130. The van der Waals surface area contributed by atoms with Gasteiger partial charge in [0, 0.05) is 32.2 Å². The van der Waals surface area contributed by atoms with E-state index in [0.717, 1.165) is 45.4 Å².